The van der Waals surface area contributed by atoms with E-state index in [1.165, 1.54) is 25.0 Å². The van der Waals surface area contributed by atoms with Gasteiger partial charge in [0.05, 0.1) is 6.61 Å². The molecule has 2 heteroatoms. The third kappa shape index (κ3) is 1.32. The molecule has 0 aliphatic carbocycles. The van der Waals surface area contributed by atoms with E-state index in [0.717, 1.165) is 24.4 Å². The Morgan fingerprint density at radius 1 is 1.30 bits per heavy atom. The van der Waals surface area contributed by atoms with Crippen LogP contribution in [0.5, 0.6) is 0 Å². The van der Waals surface area contributed by atoms with Gasteiger partial charge in [0, 0.05) is 11.9 Å². The van der Waals surface area contributed by atoms with Gasteiger partial charge in [0.1, 0.15) is 0 Å². The van der Waals surface area contributed by atoms with Crippen molar-refractivity contribution in [3.63, 3.8) is 0 Å². The average molecular weight is 158 g/mol. The molecule has 0 aromatic rings. The highest BCUT2D eigenvalue weighted by atomic mass is 32.2. The standard InChI is InChI=1S/C8H14OS/c1-2-8(10-5-1)7-3-4-9-6-7/h7-8H,1-6H2. The van der Waals surface area contributed by atoms with Gasteiger partial charge in [0.2, 0.25) is 0 Å². The number of thioether (sulfide) groups is 1. The molecule has 2 saturated heterocycles. The maximum absolute atomic E-state index is 5.36. The second kappa shape index (κ2) is 3.14. The molecule has 0 radical (unpaired) electrons. The Morgan fingerprint density at radius 2 is 2.30 bits per heavy atom. The second-order valence-corrected chi connectivity index (χ2v) is 4.52. The Bertz CT molecular complexity index is 89.8. The van der Waals surface area contributed by atoms with Crippen LogP contribution < -0.4 is 0 Å². The molecule has 2 heterocycles. The van der Waals surface area contributed by atoms with E-state index in [-0.39, 0.29) is 0 Å². The van der Waals surface area contributed by atoms with Crippen LogP contribution in [-0.2, 0) is 4.74 Å². The van der Waals surface area contributed by atoms with Crippen LogP contribution in [-0.4, -0.2) is 24.2 Å². The quantitative estimate of drug-likeness (QED) is 0.576. The summed E-state index contributed by atoms with van der Waals surface area (Å²) >= 11 is 2.16. The Kier molecular flexibility index (Phi) is 2.19. The fraction of sp³-hybridized carbons (Fsp3) is 1.00. The minimum atomic E-state index is 0.896. The van der Waals surface area contributed by atoms with Crippen LogP contribution in [0.25, 0.3) is 0 Å². The van der Waals surface area contributed by atoms with Crippen molar-refractivity contribution in [3.05, 3.63) is 0 Å². The highest BCUT2D eigenvalue weighted by Gasteiger charge is 2.28. The third-order valence-corrected chi connectivity index (χ3v) is 4.03. The number of hydrogen-bond acceptors (Lipinski definition) is 2. The highest BCUT2D eigenvalue weighted by molar-refractivity contribution is 8.00. The zero-order valence-corrected chi connectivity index (χ0v) is 7.03. The van der Waals surface area contributed by atoms with E-state index in [0.29, 0.717) is 0 Å². The summed E-state index contributed by atoms with van der Waals surface area (Å²) in [4.78, 5) is 0. The van der Waals surface area contributed by atoms with Gasteiger partial charge in [-0.2, -0.15) is 11.8 Å². The molecule has 0 bridgehead atoms. The molecule has 2 atom stereocenters. The molecular weight excluding hydrogens is 144 g/mol. The first-order chi connectivity index (χ1) is 4.97. The lowest BCUT2D eigenvalue weighted by Gasteiger charge is -2.13. The molecule has 2 unspecified atom stereocenters. The lowest BCUT2D eigenvalue weighted by molar-refractivity contribution is 0.185. The van der Waals surface area contributed by atoms with Crippen molar-refractivity contribution < 1.29 is 4.74 Å². The monoisotopic (exact) mass is 158 g/mol. The predicted octanol–water partition coefficient (Wildman–Crippen LogP) is 1.92. The largest absolute Gasteiger partial charge is 0.381 e. The first-order valence-corrected chi connectivity index (χ1v) is 5.21. The lowest BCUT2D eigenvalue weighted by atomic mass is 10.0. The molecular formula is C8H14OS. The zero-order chi connectivity index (χ0) is 6.81. The molecule has 0 aromatic carbocycles. The summed E-state index contributed by atoms with van der Waals surface area (Å²) < 4.78 is 5.36. The maximum Gasteiger partial charge on any atom is 0.0505 e. The Hall–Kier alpha value is 0.310. The number of rotatable bonds is 1. The Balaban J connectivity index is 1.85. The van der Waals surface area contributed by atoms with E-state index in [2.05, 4.69) is 11.8 Å². The van der Waals surface area contributed by atoms with Crippen molar-refractivity contribution >= 4 is 11.8 Å². The van der Waals surface area contributed by atoms with E-state index in [1.54, 1.807) is 0 Å². The van der Waals surface area contributed by atoms with E-state index >= 15 is 0 Å². The molecule has 0 N–H and O–H groups in total. The molecule has 0 aromatic heterocycles. The van der Waals surface area contributed by atoms with Gasteiger partial charge in [0.25, 0.3) is 0 Å². The Morgan fingerprint density at radius 3 is 2.90 bits per heavy atom. The molecule has 2 aliphatic heterocycles. The fourth-order valence-corrected chi connectivity index (χ4v) is 3.28. The number of hydrogen-bond donors (Lipinski definition) is 0. The van der Waals surface area contributed by atoms with E-state index in [4.69, 9.17) is 4.74 Å². The second-order valence-electron chi connectivity index (χ2n) is 3.18. The van der Waals surface area contributed by atoms with Gasteiger partial charge < -0.3 is 4.74 Å². The molecule has 2 fully saturated rings. The predicted molar refractivity (Wildman–Crippen MR) is 44.4 cm³/mol. The van der Waals surface area contributed by atoms with Crippen LogP contribution in [0.3, 0.4) is 0 Å². The molecule has 58 valence electrons. The van der Waals surface area contributed by atoms with Gasteiger partial charge in [0.15, 0.2) is 0 Å². The van der Waals surface area contributed by atoms with Gasteiger partial charge in [-0.1, -0.05) is 0 Å². The molecule has 2 rings (SSSR count). The summed E-state index contributed by atoms with van der Waals surface area (Å²) in [6.45, 7) is 2.05. The van der Waals surface area contributed by atoms with E-state index in [1.807, 2.05) is 0 Å². The van der Waals surface area contributed by atoms with Crippen LogP contribution in [0.1, 0.15) is 19.3 Å². The summed E-state index contributed by atoms with van der Waals surface area (Å²) in [5.41, 5.74) is 0. The topological polar surface area (TPSA) is 9.23 Å². The summed E-state index contributed by atoms with van der Waals surface area (Å²) in [6.07, 6.45) is 4.20. The molecule has 1 nitrogen and oxygen atoms in total. The van der Waals surface area contributed by atoms with Crippen molar-refractivity contribution in [1.29, 1.82) is 0 Å². The zero-order valence-electron chi connectivity index (χ0n) is 6.21. The lowest BCUT2D eigenvalue weighted by Crippen LogP contribution is -2.13. The van der Waals surface area contributed by atoms with Crippen molar-refractivity contribution in [2.45, 2.75) is 24.5 Å². The van der Waals surface area contributed by atoms with Gasteiger partial charge in [-0.15, -0.1) is 0 Å². The van der Waals surface area contributed by atoms with E-state index < -0.39 is 0 Å². The molecule has 0 saturated carbocycles. The summed E-state index contributed by atoms with van der Waals surface area (Å²) in [5, 5.41) is 0.947. The van der Waals surface area contributed by atoms with E-state index in [9.17, 15) is 0 Å². The van der Waals surface area contributed by atoms with Gasteiger partial charge in [-0.25, -0.2) is 0 Å². The summed E-state index contributed by atoms with van der Waals surface area (Å²) in [5.74, 6) is 2.29. The van der Waals surface area contributed by atoms with Gasteiger partial charge >= 0.3 is 0 Å². The minimum absolute atomic E-state index is 0.896. The highest BCUT2D eigenvalue weighted by Crippen LogP contribution is 2.35. The normalized spacial score (nSPS) is 40.8. The van der Waals surface area contributed by atoms with Crippen molar-refractivity contribution in [2.75, 3.05) is 19.0 Å². The van der Waals surface area contributed by atoms with Gasteiger partial charge in [-0.05, 0) is 30.9 Å². The molecule has 0 spiro atoms. The first kappa shape index (κ1) is 6.99. The maximum atomic E-state index is 5.36. The summed E-state index contributed by atoms with van der Waals surface area (Å²) in [7, 11) is 0. The van der Waals surface area contributed by atoms with Crippen LogP contribution in [0, 0.1) is 5.92 Å². The van der Waals surface area contributed by atoms with Crippen molar-refractivity contribution in [2.24, 2.45) is 5.92 Å². The first-order valence-electron chi connectivity index (χ1n) is 4.16. The van der Waals surface area contributed by atoms with Crippen LogP contribution >= 0.6 is 11.8 Å². The number of ether oxygens (including phenoxy) is 1. The smallest absolute Gasteiger partial charge is 0.0505 e. The third-order valence-electron chi connectivity index (χ3n) is 2.46. The van der Waals surface area contributed by atoms with Gasteiger partial charge in [-0.3, -0.25) is 0 Å². The average Bonchev–Trinajstić information content (AvgIpc) is 2.59. The van der Waals surface area contributed by atoms with Crippen LogP contribution in [0.2, 0.25) is 0 Å². The van der Waals surface area contributed by atoms with Crippen LogP contribution in [0.15, 0.2) is 0 Å². The molecule has 10 heavy (non-hydrogen) atoms. The SMILES string of the molecule is C1CSC(C2CCOC2)C1. The van der Waals surface area contributed by atoms with Crippen molar-refractivity contribution in [1.82, 2.24) is 0 Å². The molecule has 2 aliphatic rings. The molecule has 0 amide bonds. The van der Waals surface area contributed by atoms with Crippen molar-refractivity contribution in [3.8, 4) is 0 Å². The summed E-state index contributed by atoms with van der Waals surface area (Å²) in [6, 6.07) is 0. The Labute approximate surface area is 66.5 Å². The minimum Gasteiger partial charge on any atom is -0.381 e. The van der Waals surface area contributed by atoms with Crippen LogP contribution in [0.4, 0.5) is 0 Å². The fourth-order valence-electron chi connectivity index (χ4n) is 1.82.